The summed E-state index contributed by atoms with van der Waals surface area (Å²) in [6, 6.07) is 12.6. The molecule has 5 nitrogen and oxygen atoms in total. The van der Waals surface area contributed by atoms with Crippen molar-refractivity contribution in [3.8, 4) is 0 Å². The molecule has 0 aromatic heterocycles. The van der Waals surface area contributed by atoms with Gasteiger partial charge in [0.25, 0.3) is 5.91 Å². The Morgan fingerprint density at radius 1 is 1.10 bits per heavy atom. The number of rotatable bonds is 4. The fraction of sp³-hybridized carbons (Fsp3) is 0.273. The number of carbonyl (C=O) groups is 1. The van der Waals surface area contributed by atoms with Crippen molar-refractivity contribution >= 4 is 52.1 Å². The standard InChI is InChI=1S/C22H21Cl3N4O/c1-14-20(22(30)27-28-11-3-2-4-12-28)26-29(19-10-9-17(24)13-18(19)25)21(14)15-5-7-16(23)8-6-15/h3,5-11,13-14,21H,2,4,12H2,1H3,(H,27,30)/t14-,21+/m0/s1. The van der Waals surface area contributed by atoms with Crippen LogP contribution in [0.2, 0.25) is 15.1 Å². The van der Waals surface area contributed by atoms with E-state index in [1.807, 2.05) is 49.5 Å². The van der Waals surface area contributed by atoms with E-state index in [-0.39, 0.29) is 17.9 Å². The van der Waals surface area contributed by atoms with E-state index in [2.05, 4.69) is 5.43 Å². The molecule has 0 radical (unpaired) electrons. The number of halogens is 3. The number of hydrogen-bond acceptors (Lipinski definition) is 4. The highest BCUT2D eigenvalue weighted by atomic mass is 35.5. The van der Waals surface area contributed by atoms with E-state index in [0.29, 0.717) is 26.5 Å². The molecule has 2 heterocycles. The normalized spacial score (nSPS) is 21.0. The van der Waals surface area contributed by atoms with E-state index >= 15 is 0 Å². The van der Waals surface area contributed by atoms with Crippen molar-refractivity contribution in [3.05, 3.63) is 75.4 Å². The van der Waals surface area contributed by atoms with Crippen LogP contribution in [0.5, 0.6) is 0 Å². The molecule has 2 aliphatic rings. The number of hydrazine groups is 1. The van der Waals surface area contributed by atoms with Crippen molar-refractivity contribution in [2.45, 2.75) is 25.8 Å². The molecule has 2 aromatic rings. The average molecular weight is 464 g/mol. The van der Waals surface area contributed by atoms with Gasteiger partial charge in [0.05, 0.1) is 16.8 Å². The van der Waals surface area contributed by atoms with Gasteiger partial charge in [0.15, 0.2) is 0 Å². The predicted molar refractivity (Wildman–Crippen MR) is 123 cm³/mol. The fourth-order valence-corrected chi connectivity index (χ4v) is 4.40. The fourth-order valence-electron chi connectivity index (χ4n) is 3.78. The van der Waals surface area contributed by atoms with Crippen LogP contribution in [-0.4, -0.2) is 23.2 Å². The molecule has 0 saturated heterocycles. The number of amides is 1. The van der Waals surface area contributed by atoms with Gasteiger partial charge in [-0.15, -0.1) is 0 Å². The maximum absolute atomic E-state index is 13.1. The summed E-state index contributed by atoms with van der Waals surface area (Å²) in [5.74, 6) is -0.396. The Morgan fingerprint density at radius 3 is 2.50 bits per heavy atom. The van der Waals surface area contributed by atoms with Gasteiger partial charge < -0.3 is 0 Å². The number of benzene rings is 2. The van der Waals surface area contributed by atoms with Gasteiger partial charge in [-0.2, -0.15) is 5.10 Å². The van der Waals surface area contributed by atoms with Gasteiger partial charge in [0.2, 0.25) is 0 Å². The summed E-state index contributed by atoms with van der Waals surface area (Å²) in [6.07, 6.45) is 5.95. The zero-order chi connectivity index (χ0) is 21.3. The first-order valence-electron chi connectivity index (χ1n) is 9.76. The molecule has 8 heteroatoms. The summed E-state index contributed by atoms with van der Waals surface area (Å²) in [4.78, 5) is 13.1. The van der Waals surface area contributed by atoms with Crippen molar-refractivity contribution in [1.29, 1.82) is 0 Å². The topological polar surface area (TPSA) is 47.9 Å². The smallest absolute Gasteiger partial charge is 0.286 e. The maximum atomic E-state index is 13.1. The number of hydrazone groups is 1. The van der Waals surface area contributed by atoms with Crippen LogP contribution in [-0.2, 0) is 4.79 Å². The van der Waals surface area contributed by atoms with Gasteiger partial charge >= 0.3 is 0 Å². The first-order chi connectivity index (χ1) is 14.4. The Bertz CT molecular complexity index is 1010. The summed E-state index contributed by atoms with van der Waals surface area (Å²) in [5, 5.41) is 9.96. The molecule has 0 spiro atoms. The molecule has 30 heavy (non-hydrogen) atoms. The molecule has 0 bridgehead atoms. The summed E-state index contributed by atoms with van der Waals surface area (Å²) in [5.41, 5.74) is 5.06. The van der Waals surface area contributed by atoms with Gasteiger partial charge in [-0.3, -0.25) is 20.2 Å². The molecule has 2 aromatic carbocycles. The Morgan fingerprint density at radius 2 is 1.83 bits per heavy atom. The highest BCUT2D eigenvalue weighted by Gasteiger charge is 2.40. The van der Waals surface area contributed by atoms with E-state index < -0.39 is 0 Å². The van der Waals surface area contributed by atoms with Gasteiger partial charge in [-0.1, -0.05) is 59.9 Å². The van der Waals surface area contributed by atoms with Crippen molar-refractivity contribution in [3.63, 3.8) is 0 Å². The minimum absolute atomic E-state index is 0.174. The van der Waals surface area contributed by atoms with Crippen molar-refractivity contribution < 1.29 is 4.79 Å². The Balaban J connectivity index is 1.70. The van der Waals surface area contributed by atoms with Crippen molar-refractivity contribution in [2.75, 3.05) is 11.6 Å². The minimum Gasteiger partial charge on any atom is -0.293 e. The molecule has 4 rings (SSSR count). The van der Waals surface area contributed by atoms with Crippen LogP contribution in [0.15, 0.2) is 59.8 Å². The molecule has 2 atom stereocenters. The lowest BCUT2D eigenvalue weighted by atomic mass is 9.91. The molecule has 0 saturated carbocycles. The molecular formula is C22H21Cl3N4O. The highest BCUT2D eigenvalue weighted by molar-refractivity contribution is 6.41. The van der Waals surface area contributed by atoms with Gasteiger partial charge in [0.1, 0.15) is 5.71 Å². The summed E-state index contributed by atoms with van der Waals surface area (Å²) in [6.45, 7) is 2.77. The third-order valence-corrected chi connectivity index (χ3v) is 6.07. The molecule has 1 amide bonds. The molecule has 0 aliphatic carbocycles. The van der Waals surface area contributed by atoms with Crippen LogP contribution in [0.1, 0.15) is 31.4 Å². The molecule has 0 unspecified atom stereocenters. The van der Waals surface area contributed by atoms with Gasteiger partial charge in [-0.25, -0.2) is 0 Å². The second kappa shape index (κ2) is 8.88. The minimum atomic E-state index is -0.222. The van der Waals surface area contributed by atoms with Crippen LogP contribution in [0, 0.1) is 5.92 Å². The van der Waals surface area contributed by atoms with E-state index in [9.17, 15) is 4.79 Å². The van der Waals surface area contributed by atoms with E-state index in [4.69, 9.17) is 39.9 Å². The third kappa shape index (κ3) is 4.29. The van der Waals surface area contributed by atoms with Crippen LogP contribution < -0.4 is 10.4 Å². The SMILES string of the molecule is C[C@H]1C(C(=O)NN2C=CCCC2)=NN(c2ccc(Cl)cc2Cl)[C@H]1c1ccc(Cl)cc1. The third-order valence-electron chi connectivity index (χ3n) is 5.28. The molecule has 2 aliphatic heterocycles. The van der Waals surface area contributed by atoms with Crippen LogP contribution in [0.25, 0.3) is 0 Å². The number of carbonyl (C=O) groups excluding carboxylic acids is 1. The van der Waals surface area contributed by atoms with E-state index in [0.717, 1.165) is 24.9 Å². The Labute approximate surface area is 190 Å². The zero-order valence-electron chi connectivity index (χ0n) is 16.4. The average Bonchev–Trinajstić information content (AvgIpc) is 3.06. The number of allylic oxidation sites excluding steroid dienone is 1. The zero-order valence-corrected chi connectivity index (χ0v) is 18.6. The second-order valence-corrected chi connectivity index (χ2v) is 8.65. The molecular weight excluding hydrogens is 443 g/mol. The number of anilines is 1. The largest absolute Gasteiger partial charge is 0.293 e. The lowest BCUT2D eigenvalue weighted by Gasteiger charge is -2.28. The van der Waals surface area contributed by atoms with Crippen LogP contribution in [0.4, 0.5) is 5.69 Å². The van der Waals surface area contributed by atoms with Gasteiger partial charge in [0, 0.05) is 28.7 Å². The Kier molecular flexibility index (Phi) is 6.23. The van der Waals surface area contributed by atoms with E-state index in [1.165, 1.54) is 0 Å². The van der Waals surface area contributed by atoms with Crippen LogP contribution in [0.3, 0.4) is 0 Å². The lowest BCUT2D eigenvalue weighted by molar-refractivity contribution is -0.118. The van der Waals surface area contributed by atoms with Crippen LogP contribution >= 0.6 is 34.8 Å². The van der Waals surface area contributed by atoms with Crippen molar-refractivity contribution in [2.24, 2.45) is 11.0 Å². The summed E-state index contributed by atoms with van der Waals surface area (Å²) < 4.78 is 0. The first-order valence-corrected chi connectivity index (χ1v) is 10.9. The monoisotopic (exact) mass is 462 g/mol. The first kappa shape index (κ1) is 21.0. The Hall–Kier alpha value is -2.21. The van der Waals surface area contributed by atoms with Crippen molar-refractivity contribution in [1.82, 2.24) is 10.4 Å². The molecule has 0 fully saturated rings. The second-order valence-electron chi connectivity index (χ2n) is 7.37. The summed E-state index contributed by atoms with van der Waals surface area (Å²) >= 11 is 18.6. The predicted octanol–water partition coefficient (Wildman–Crippen LogP) is 5.84. The molecule has 1 N–H and O–H groups in total. The highest BCUT2D eigenvalue weighted by Crippen LogP contribution is 2.42. The lowest BCUT2D eigenvalue weighted by Crippen LogP contribution is -2.44. The summed E-state index contributed by atoms with van der Waals surface area (Å²) in [7, 11) is 0. The number of hydrogen-bond donors (Lipinski definition) is 1. The number of nitrogens with zero attached hydrogens (tertiary/aromatic N) is 3. The maximum Gasteiger partial charge on any atom is 0.286 e. The van der Waals surface area contributed by atoms with Gasteiger partial charge in [-0.05, 0) is 48.7 Å². The molecule has 156 valence electrons. The van der Waals surface area contributed by atoms with E-state index in [1.54, 1.807) is 22.2 Å². The quantitative estimate of drug-likeness (QED) is 0.619. The number of nitrogens with one attached hydrogen (secondary N) is 1.